The molecular formula is C19H24N2O2. The van der Waals surface area contributed by atoms with Crippen molar-refractivity contribution in [3.8, 4) is 0 Å². The van der Waals surface area contributed by atoms with Crippen molar-refractivity contribution in [2.45, 2.75) is 43.7 Å². The van der Waals surface area contributed by atoms with Gasteiger partial charge in [-0.2, -0.15) is 0 Å². The third-order valence-electron chi connectivity index (χ3n) is 6.63. The van der Waals surface area contributed by atoms with Gasteiger partial charge in [-0.05, 0) is 61.9 Å². The van der Waals surface area contributed by atoms with Crippen LogP contribution in [0, 0.1) is 5.92 Å². The molecule has 1 N–H and O–H groups in total. The highest BCUT2D eigenvalue weighted by molar-refractivity contribution is 5.98. The molecule has 6 rings (SSSR count). The Kier molecular flexibility index (Phi) is 3.07. The summed E-state index contributed by atoms with van der Waals surface area (Å²) in [6.45, 7) is 4.32. The minimum Gasteiger partial charge on any atom is -0.388 e. The predicted octanol–water partition coefficient (Wildman–Crippen LogP) is 2.15. The largest absolute Gasteiger partial charge is 0.388 e. The van der Waals surface area contributed by atoms with Crippen molar-refractivity contribution < 1.29 is 9.90 Å². The van der Waals surface area contributed by atoms with Gasteiger partial charge in [-0.15, -0.1) is 0 Å². The molecule has 1 amide bonds. The Hall–Kier alpha value is -1.39. The van der Waals surface area contributed by atoms with E-state index in [4.69, 9.17) is 0 Å². The zero-order valence-corrected chi connectivity index (χ0v) is 13.4. The summed E-state index contributed by atoms with van der Waals surface area (Å²) < 4.78 is 0. The number of carbonyl (C=O) groups is 1. The lowest BCUT2D eigenvalue weighted by molar-refractivity contribution is 0.00143. The van der Waals surface area contributed by atoms with Crippen LogP contribution in [0.1, 0.15) is 59.2 Å². The summed E-state index contributed by atoms with van der Waals surface area (Å²) in [4.78, 5) is 17.9. The molecule has 0 radical (unpaired) electrons. The molecule has 3 saturated heterocycles. The first-order valence-electron chi connectivity index (χ1n) is 9.06. The Morgan fingerprint density at radius 1 is 1.04 bits per heavy atom. The summed E-state index contributed by atoms with van der Waals surface area (Å²) in [6, 6.07) is 6.32. The highest BCUT2D eigenvalue weighted by atomic mass is 16.3. The van der Waals surface area contributed by atoms with Crippen LogP contribution >= 0.6 is 0 Å². The van der Waals surface area contributed by atoms with Crippen LogP contribution in [0.3, 0.4) is 0 Å². The first-order valence-corrected chi connectivity index (χ1v) is 9.06. The number of hydrogen-bond donors (Lipinski definition) is 1. The fraction of sp³-hybridized carbons (Fsp3) is 0.632. The van der Waals surface area contributed by atoms with E-state index >= 15 is 0 Å². The van der Waals surface area contributed by atoms with Crippen LogP contribution in [0.5, 0.6) is 0 Å². The molecule has 23 heavy (non-hydrogen) atoms. The zero-order chi connectivity index (χ0) is 15.6. The molecule has 4 heterocycles. The molecule has 3 fully saturated rings. The molecule has 1 unspecified atom stereocenters. The molecule has 0 aromatic heterocycles. The molecule has 0 saturated carbocycles. The third-order valence-corrected chi connectivity index (χ3v) is 6.63. The number of aliphatic hydroxyl groups is 1. The maximum Gasteiger partial charge on any atom is 0.254 e. The topological polar surface area (TPSA) is 43.8 Å². The number of fused-ring (bicyclic) bond motifs is 3. The maximum atomic E-state index is 13.2. The quantitative estimate of drug-likeness (QED) is 0.864. The van der Waals surface area contributed by atoms with Crippen molar-refractivity contribution >= 4 is 5.91 Å². The van der Waals surface area contributed by atoms with E-state index in [0.717, 1.165) is 42.6 Å². The summed E-state index contributed by atoms with van der Waals surface area (Å²) in [6.07, 6.45) is 3.91. The monoisotopic (exact) mass is 312 g/mol. The molecule has 1 aromatic carbocycles. The van der Waals surface area contributed by atoms with E-state index in [1.54, 1.807) is 0 Å². The van der Waals surface area contributed by atoms with Crippen molar-refractivity contribution in [3.05, 3.63) is 34.9 Å². The van der Waals surface area contributed by atoms with Gasteiger partial charge in [-0.3, -0.25) is 4.79 Å². The van der Waals surface area contributed by atoms with Crippen LogP contribution in [-0.2, 0) is 0 Å². The van der Waals surface area contributed by atoms with E-state index in [1.165, 1.54) is 25.9 Å². The molecule has 122 valence electrons. The molecule has 2 bridgehead atoms. The average Bonchev–Trinajstić information content (AvgIpc) is 2.61. The van der Waals surface area contributed by atoms with E-state index in [0.29, 0.717) is 17.9 Å². The zero-order valence-electron chi connectivity index (χ0n) is 13.4. The van der Waals surface area contributed by atoms with Crippen LogP contribution in [0.25, 0.3) is 0 Å². The fourth-order valence-electron chi connectivity index (χ4n) is 5.41. The minimum atomic E-state index is -0.391. The fourth-order valence-corrected chi connectivity index (χ4v) is 5.41. The van der Waals surface area contributed by atoms with E-state index < -0.39 is 6.10 Å². The lowest BCUT2D eigenvalue weighted by atomic mass is 9.74. The van der Waals surface area contributed by atoms with Gasteiger partial charge in [0, 0.05) is 30.6 Å². The number of carbonyl (C=O) groups excluding carboxylic acids is 1. The first-order chi connectivity index (χ1) is 11.2. The number of piperidine rings is 3. The number of rotatable bonds is 1. The van der Waals surface area contributed by atoms with Gasteiger partial charge >= 0.3 is 0 Å². The normalized spacial score (nSPS) is 38.6. The van der Waals surface area contributed by atoms with Gasteiger partial charge in [0.25, 0.3) is 5.91 Å². The molecule has 5 aliphatic rings. The highest BCUT2D eigenvalue weighted by Crippen LogP contribution is 2.44. The second-order valence-electron chi connectivity index (χ2n) is 7.76. The predicted molar refractivity (Wildman–Crippen MR) is 87.4 cm³/mol. The van der Waals surface area contributed by atoms with Crippen molar-refractivity contribution in [2.24, 2.45) is 5.92 Å². The van der Waals surface area contributed by atoms with Crippen molar-refractivity contribution in [3.63, 3.8) is 0 Å². The van der Waals surface area contributed by atoms with Gasteiger partial charge < -0.3 is 14.9 Å². The van der Waals surface area contributed by atoms with Gasteiger partial charge in [-0.1, -0.05) is 12.1 Å². The number of benzene rings is 1. The van der Waals surface area contributed by atoms with E-state index in [-0.39, 0.29) is 5.91 Å². The Morgan fingerprint density at radius 3 is 2.61 bits per heavy atom. The van der Waals surface area contributed by atoms with E-state index in [9.17, 15) is 9.90 Å². The summed E-state index contributed by atoms with van der Waals surface area (Å²) in [5, 5.41) is 10.3. The van der Waals surface area contributed by atoms with Crippen molar-refractivity contribution in [1.82, 2.24) is 9.80 Å². The molecule has 4 nitrogen and oxygen atoms in total. The Labute approximate surface area is 137 Å². The van der Waals surface area contributed by atoms with Gasteiger partial charge in [0.15, 0.2) is 0 Å². The van der Waals surface area contributed by atoms with Crippen molar-refractivity contribution in [2.75, 3.05) is 26.2 Å². The first kappa shape index (κ1) is 14.0. The van der Waals surface area contributed by atoms with Gasteiger partial charge in [0.2, 0.25) is 0 Å². The number of amides is 1. The molecule has 4 aliphatic heterocycles. The second kappa shape index (κ2) is 5.05. The van der Waals surface area contributed by atoms with Crippen LogP contribution in [0.4, 0.5) is 0 Å². The average molecular weight is 312 g/mol. The molecule has 0 spiro atoms. The van der Waals surface area contributed by atoms with Crippen LogP contribution in [0.2, 0.25) is 0 Å². The summed E-state index contributed by atoms with van der Waals surface area (Å²) in [7, 11) is 0. The number of hydrogen-bond acceptors (Lipinski definition) is 3. The molecule has 4 heteroatoms. The second-order valence-corrected chi connectivity index (χ2v) is 7.76. The van der Waals surface area contributed by atoms with Crippen LogP contribution in [-0.4, -0.2) is 53.0 Å². The molecular weight excluding hydrogens is 288 g/mol. The van der Waals surface area contributed by atoms with Gasteiger partial charge in [0.05, 0.1) is 6.10 Å². The standard InChI is InChI=1S/C19H24N2O2/c22-17-5-4-13-10-21(16-11-20-8-6-12(16)7-9-20)19(23)15-3-1-2-14(17)18(13)15/h1-3,12-13,16-17,22H,4-11H2/t13?,16-,17-/m1/s1. The SMILES string of the molecule is O=C1c2cccc3c2C(CC[C@H]3O)CN1[C@@H]1CN2CCC1CC2. The highest BCUT2D eigenvalue weighted by Gasteiger charge is 2.44. The maximum absolute atomic E-state index is 13.2. The number of nitrogens with zero attached hydrogens (tertiary/aromatic N) is 2. The van der Waals surface area contributed by atoms with E-state index in [2.05, 4.69) is 9.80 Å². The molecule has 1 aromatic rings. The third kappa shape index (κ3) is 2.01. The molecule has 3 atom stereocenters. The Balaban J connectivity index is 1.53. The van der Waals surface area contributed by atoms with Crippen molar-refractivity contribution in [1.29, 1.82) is 0 Å². The Bertz CT molecular complexity index is 651. The summed E-state index contributed by atoms with van der Waals surface area (Å²) in [5.74, 6) is 1.30. The lowest BCUT2D eigenvalue weighted by Gasteiger charge is -2.51. The van der Waals surface area contributed by atoms with E-state index in [1.807, 2.05) is 18.2 Å². The van der Waals surface area contributed by atoms with Gasteiger partial charge in [-0.25, -0.2) is 0 Å². The summed E-state index contributed by atoms with van der Waals surface area (Å²) >= 11 is 0. The molecule has 1 aliphatic carbocycles. The minimum absolute atomic E-state index is 0.200. The smallest absolute Gasteiger partial charge is 0.254 e. The number of aliphatic hydroxyl groups excluding tert-OH is 1. The van der Waals surface area contributed by atoms with Gasteiger partial charge in [0.1, 0.15) is 0 Å². The van der Waals surface area contributed by atoms with Crippen LogP contribution in [0.15, 0.2) is 18.2 Å². The van der Waals surface area contributed by atoms with Crippen LogP contribution < -0.4 is 0 Å². The lowest BCUT2D eigenvalue weighted by Crippen LogP contribution is -2.60. The summed E-state index contributed by atoms with van der Waals surface area (Å²) in [5.41, 5.74) is 3.00. The Morgan fingerprint density at radius 2 is 1.87 bits per heavy atom.